The number of hydrogen-bond acceptors (Lipinski definition) is 3. The monoisotopic (exact) mass is 341 g/mol. The number of aromatic hydroxyl groups is 1. The van der Waals surface area contributed by atoms with Gasteiger partial charge in [0, 0.05) is 27.1 Å². The summed E-state index contributed by atoms with van der Waals surface area (Å²) in [5.74, 6) is -0.705. The van der Waals surface area contributed by atoms with Gasteiger partial charge in [-0.25, -0.2) is 0 Å². The molecule has 124 valence electrons. The lowest BCUT2D eigenvalue weighted by Gasteiger charge is -2.02. The first-order valence-electron chi connectivity index (χ1n) is 8.20. The number of carbonyl (C=O) groups is 2. The van der Waals surface area contributed by atoms with E-state index >= 15 is 0 Å². The number of phenolic OH excluding ortho intramolecular Hbond substituents is 1. The molecule has 6 nitrogen and oxygen atoms in total. The Hall–Kier alpha value is -3.80. The average molecular weight is 341 g/mol. The highest BCUT2D eigenvalue weighted by Gasteiger charge is 2.34. The summed E-state index contributed by atoms with van der Waals surface area (Å²) >= 11 is 0. The molecule has 3 heterocycles. The lowest BCUT2D eigenvalue weighted by atomic mass is 9.97. The van der Waals surface area contributed by atoms with Gasteiger partial charge in [0.2, 0.25) is 0 Å². The van der Waals surface area contributed by atoms with Crippen LogP contribution in [0.1, 0.15) is 20.7 Å². The Kier molecular flexibility index (Phi) is 2.20. The number of aromatic nitrogens is 2. The molecule has 6 heteroatoms. The van der Waals surface area contributed by atoms with Crippen molar-refractivity contribution in [2.75, 3.05) is 0 Å². The molecular formula is C20H11N3O3. The van der Waals surface area contributed by atoms with Gasteiger partial charge >= 0.3 is 0 Å². The predicted molar refractivity (Wildman–Crippen MR) is 98.6 cm³/mol. The first-order valence-corrected chi connectivity index (χ1v) is 8.20. The molecule has 0 unspecified atom stereocenters. The number of hydrogen-bond donors (Lipinski definition) is 4. The molecule has 1 aliphatic heterocycles. The highest BCUT2D eigenvalue weighted by Crippen LogP contribution is 2.43. The van der Waals surface area contributed by atoms with Crippen molar-refractivity contribution in [1.82, 2.24) is 15.3 Å². The molecule has 2 aromatic heterocycles. The van der Waals surface area contributed by atoms with Crippen molar-refractivity contribution in [3.8, 4) is 5.75 Å². The van der Waals surface area contributed by atoms with E-state index < -0.39 is 11.8 Å². The van der Waals surface area contributed by atoms with Gasteiger partial charge in [0.1, 0.15) is 5.75 Å². The SMILES string of the molecule is O=C1NC(=O)c2c1c1c3ccccc3[nH]c1c1[nH]c3c(O)cccc3c21. The van der Waals surface area contributed by atoms with E-state index in [9.17, 15) is 14.7 Å². The maximum atomic E-state index is 12.6. The second-order valence-corrected chi connectivity index (χ2v) is 6.53. The first-order chi connectivity index (χ1) is 12.6. The lowest BCUT2D eigenvalue weighted by molar-refractivity contribution is 0.0880. The fourth-order valence-corrected chi connectivity index (χ4v) is 4.17. The number of phenols is 1. The minimum atomic E-state index is -0.411. The molecule has 2 amide bonds. The summed E-state index contributed by atoms with van der Waals surface area (Å²) < 4.78 is 0. The lowest BCUT2D eigenvalue weighted by Crippen LogP contribution is -2.20. The van der Waals surface area contributed by atoms with Crippen LogP contribution in [0.4, 0.5) is 0 Å². The number of rotatable bonds is 0. The number of fused-ring (bicyclic) bond motifs is 10. The van der Waals surface area contributed by atoms with Crippen molar-refractivity contribution in [3.63, 3.8) is 0 Å². The zero-order chi connectivity index (χ0) is 17.6. The number of carbonyl (C=O) groups excluding carboxylic acids is 2. The third-order valence-corrected chi connectivity index (χ3v) is 5.20. The Morgan fingerprint density at radius 1 is 0.692 bits per heavy atom. The highest BCUT2D eigenvalue weighted by molar-refractivity contribution is 6.39. The number of para-hydroxylation sites is 2. The Morgan fingerprint density at radius 2 is 1.35 bits per heavy atom. The van der Waals surface area contributed by atoms with E-state index in [1.54, 1.807) is 12.1 Å². The number of H-pyrrole nitrogens is 2. The van der Waals surface area contributed by atoms with E-state index in [2.05, 4.69) is 15.3 Å². The summed E-state index contributed by atoms with van der Waals surface area (Å²) in [7, 11) is 0. The van der Waals surface area contributed by atoms with E-state index in [-0.39, 0.29) is 5.75 Å². The number of benzene rings is 3. The minimum absolute atomic E-state index is 0.0986. The van der Waals surface area contributed by atoms with E-state index in [4.69, 9.17) is 0 Å². The summed E-state index contributed by atoms with van der Waals surface area (Å²) in [5.41, 5.74) is 3.63. The molecule has 5 aromatic rings. The van der Waals surface area contributed by atoms with Gasteiger partial charge in [0.05, 0.1) is 27.7 Å². The van der Waals surface area contributed by atoms with Crippen molar-refractivity contribution >= 4 is 55.4 Å². The number of imide groups is 1. The normalized spacial score (nSPS) is 14.0. The van der Waals surface area contributed by atoms with Crippen molar-refractivity contribution in [1.29, 1.82) is 0 Å². The third kappa shape index (κ3) is 1.39. The van der Waals surface area contributed by atoms with Gasteiger partial charge in [-0.3, -0.25) is 14.9 Å². The van der Waals surface area contributed by atoms with Crippen LogP contribution in [0.3, 0.4) is 0 Å². The molecule has 0 atom stereocenters. The Morgan fingerprint density at radius 3 is 2.15 bits per heavy atom. The summed E-state index contributed by atoms with van der Waals surface area (Å²) in [5, 5.41) is 15.6. The molecule has 0 radical (unpaired) electrons. The summed E-state index contributed by atoms with van der Waals surface area (Å²) in [6.07, 6.45) is 0. The zero-order valence-corrected chi connectivity index (χ0v) is 13.3. The smallest absolute Gasteiger partial charge is 0.259 e. The Bertz CT molecular complexity index is 1460. The molecule has 0 bridgehead atoms. The van der Waals surface area contributed by atoms with Crippen molar-refractivity contribution in [3.05, 3.63) is 53.6 Å². The summed E-state index contributed by atoms with van der Waals surface area (Å²) in [6, 6.07) is 12.8. The van der Waals surface area contributed by atoms with Gasteiger partial charge in [-0.1, -0.05) is 30.3 Å². The molecule has 0 fully saturated rings. The van der Waals surface area contributed by atoms with Gasteiger partial charge in [0.15, 0.2) is 0 Å². The highest BCUT2D eigenvalue weighted by atomic mass is 16.3. The van der Waals surface area contributed by atoms with Crippen LogP contribution >= 0.6 is 0 Å². The maximum Gasteiger partial charge on any atom is 0.259 e. The van der Waals surface area contributed by atoms with Crippen molar-refractivity contribution in [2.24, 2.45) is 0 Å². The topological polar surface area (TPSA) is 98.0 Å². The van der Waals surface area contributed by atoms with Crippen LogP contribution in [0.2, 0.25) is 0 Å². The number of nitrogens with one attached hydrogen (secondary N) is 3. The fraction of sp³-hybridized carbons (Fsp3) is 0. The average Bonchev–Trinajstić information content (AvgIpc) is 3.27. The van der Waals surface area contributed by atoms with Crippen LogP contribution in [0.5, 0.6) is 5.75 Å². The van der Waals surface area contributed by atoms with Crippen LogP contribution in [0, 0.1) is 0 Å². The maximum absolute atomic E-state index is 12.6. The molecule has 0 saturated carbocycles. The Labute approximate surface area is 145 Å². The second kappa shape index (κ2) is 4.23. The van der Waals surface area contributed by atoms with Crippen LogP contribution in [0.25, 0.3) is 43.6 Å². The van der Waals surface area contributed by atoms with Crippen LogP contribution in [-0.4, -0.2) is 26.9 Å². The quantitative estimate of drug-likeness (QED) is 0.324. The molecular weight excluding hydrogens is 330 g/mol. The second-order valence-electron chi connectivity index (χ2n) is 6.53. The Balaban J connectivity index is 2.03. The molecule has 26 heavy (non-hydrogen) atoms. The van der Waals surface area contributed by atoms with Crippen LogP contribution in [-0.2, 0) is 0 Å². The van der Waals surface area contributed by atoms with Crippen molar-refractivity contribution in [2.45, 2.75) is 0 Å². The van der Waals surface area contributed by atoms with Crippen LogP contribution < -0.4 is 5.32 Å². The minimum Gasteiger partial charge on any atom is -0.506 e. The summed E-state index contributed by atoms with van der Waals surface area (Å²) in [6.45, 7) is 0. The molecule has 0 spiro atoms. The molecule has 3 aromatic carbocycles. The number of amides is 2. The van der Waals surface area contributed by atoms with E-state index in [0.29, 0.717) is 32.9 Å². The van der Waals surface area contributed by atoms with E-state index in [1.807, 2.05) is 30.3 Å². The fourth-order valence-electron chi connectivity index (χ4n) is 4.17. The van der Waals surface area contributed by atoms with Gasteiger partial charge in [-0.15, -0.1) is 0 Å². The van der Waals surface area contributed by atoms with E-state index in [0.717, 1.165) is 21.8 Å². The van der Waals surface area contributed by atoms with E-state index in [1.165, 1.54) is 0 Å². The van der Waals surface area contributed by atoms with Gasteiger partial charge < -0.3 is 15.1 Å². The molecule has 0 saturated heterocycles. The van der Waals surface area contributed by atoms with Crippen molar-refractivity contribution < 1.29 is 14.7 Å². The van der Waals surface area contributed by atoms with Gasteiger partial charge in [-0.05, 0) is 12.1 Å². The molecule has 1 aliphatic rings. The zero-order valence-electron chi connectivity index (χ0n) is 13.3. The summed E-state index contributed by atoms with van der Waals surface area (Å²) in [4.78, 5) is 31.8. The van der Waals surface area contributed by atoms with Crippen LogP contribution in [0.15, 0.2) is 42.5 Å². The third-order valence-electron chi connectivity index (χ3n) is 5.20. The standard InChI is InChI=1S/C20H11N3O3/c24-11-7-3-5-9-13-15-14(19(25)23-20(15)26)12-8-4-1-2-6-10(8)21-17(12)18(13)22-16(9)11/h1-7,21-22,24H,(H,23,25,26). The predicted octanol–water partition coefficient (Wildman–Crippen LogP) is 3.54. The first kappa shape index (κ1) is 13.5. The van der Waals surface area contributed by atoms with Gasteiger partial charge in [0.25, 0.3) is 11.8 Å². The van der Waals surface area contributed by atoms with Gasteiger partial charge in [-0.2, -0.15) is 0 Å². The number of aromatic amines is 2. The molecule has 0 aliphatic carbocycles. The largest absolute Gasteiger partial charge is 0.506 e. The molecule has 4 N–H and O–H groups in total. The molecule has 6 rings (SSSR count).